The minimum Gasteiger partial charge on any atom is -0.389 e. The molecule has 2 nitrogen and oxygen atoms in total. The SMILES string of the molecule is CCSc1ccc(-c2ncsc2N)cc1. The Hall–Kier alpha value is -1.00. The first kappa shape index (κ1) is 10.5. The third kappa shape index (κ3) is 2.33. The number of nitrogens with zero attached hydrogens (tertiary/aromatic N) is 1. The Labute approximate surface area is 97.5 Å². The molecule has 4 heteroatoms. The van der Waals surface area contributed by atoms with Crippen LogP contribution in [0.1, 0.15) is 6.92 Å². The largest absolute Gasteiger partial charge is 0.389 e. The Morgan fingerprint density at radius 2 is 2.07 bits per heavy atom. The van der Waals surface area contributed by atoms with E-state index in [0.717, 1.165) is 22.0 Å². The number of nitrogen functional groups attached to an aromatic ring is 1. The summed E-state index contributed by atoms with van der Waals surface area (Å²) >= 11 is 3.31. The van der Waals surface area contributed by atoms with E-state index in [1.54, 1.807) is 5.51 Å². The molecule has 0 atom stereocenters. The molecule has 0 unspecified atom stereocenters. The van der Waals surface area contributed by atoms with Crippen molar-refractivity contribution in [2.45, 2.75) is 11.8 Å². The molecule has 1 aromatic heterocycles. The minimum absolute atomic E-state index is 0.783. The van der Waals surface area contributed by atoms with Gasteiger partial charge >= 0.3 is 0 Å². The lowest BCUT2D eigenvalue weighted by Gasteiger charge is -2.01. The summed E-state index contributed by atoms with van der Waals surface area (Å²) in [7, 11) is 0. The third-order valence-corrected chi connectivity index (χ3v) is 3.59. The molecule has 0 saturated heterocycles. The quantitative estimate of drug-likeness (QED) is 0.829. The summed E-state index contributed by atoms with van der Waals surface area (Å²) in [6.45, 7) is 2.15. The van der Waals surface area contributed by atoms with Crippen LogP contribution in [-0.4, -0.2) is 10.7 Å². The number of anilines is 1. The van der Waals surface area contributed by atoms with E-state index in [-0.39, 0.29) is 0 Å². The molecule has 2 aromatic rings. The van der Waals surface area contributed by atoms with Crippen LogP contribution in [-0.2, 0) is 0 Å². The molecule has 0 aliphatic heterocycles. The lowest BCUT2D eigenvalue weighted by molar-refractivity contribution is 1.38. The molecular weight excluding hydrogens is 224 g/mol. The van der Waals surface area contributed by atoms with E-state index in [2.05, 4.69) is 36.2 Å². The van der Waals surface area contributed by atoms with E-state index in [9.17, 15) is 0 Å². The first-order chi connectivity index (χ1) is 7.31. The van der Waals surface area contributed by atoms with Crippen molar-refractivity contribution in [3.05, 3.63) is 29.8 Å². The van der Waals surface area contributed by atoms with Gasteiger partial charge in [0.1, 0.15) is 10.7 Å². The standard InChI is InChI=1S/C11H12N2S2/c1-2-14-9-5-3-8(4-6-9)10-11(12)15-7-13-10/h3-7H,2,12H2,1H3. The number of hydrogen-bond donors (Lipinski definition) is 1. The van der Waals surface area contributed by atoms with Gasteiger partial charge in [-0.15, -0.1) is 23.1 Å². The molecule has 0 aliphatic carbocycles. The van der Waals surface area contributed by atoms with Gasteiger partial charge in [0.25, 0.3) is 0 Å². The summed E-state index contributed by atoms with van der Waals surface area (Å²) in [5, 5.41) is 0.783. The van der Waals surface area contributed by atoms with Crippen LogP contribution in [0.25, 0.3) is 11.3 Å². The van der Waals surface area contributed by atoms with Gasteiger partial charge in [0.2, 0.25) is 0 Å². The molecule has 0 bridgehead atoms. The Morgan fingerprint density at radius 1 is 1.33 bits per heavy atom. The normalized spacial score (nSPS) is 10.5. The van der Waals surface area contributed by atoms with E-state index in [0.29, 0.717) is 0 Å². The predicted octanol–water partition coefficient (Wildman–Crippen LogP) is 3.50. The molecule has 0 amide bonds. The average molecular weight is 236 g/mol. The van der Waals surface area contributed by atoms with E-state index < -0.39 is 0 Å². The number of thiazole rings is 1. The summed E-state index contributed by atoms with van der Waals surface area (Å²) < 4.78 is 0. The van der Waals surface area contributed by atoms with Crippen molar-refractivity contribution in [2.24, 2.45) is 0 Å². The van der Waals surface area contributed by atoms with Gasteiger partial charge in [0, 0.05) is 10.5 Å². The highest BCUT2D eigenvalue weighted by atomic mass is 32.2. The van der Waals surface area contributed by atoms with Crippen LogP contribution in [0.15, 0.2) is 34.7 Å². The maximum atomic E-state index is 5.82. The van der Waals surface area contributed by atoms with Crippen LogP contribution in [0.2, 0.25) is 0 Å². The highest BCUT2D eigenvalue weighted by Gasteiger charge is 2.04. The van der Waals surface area contributed by atoms with Crippen LogP contribution < -0.4 is 5.73 Å². The van der Waals surface area contributed by atoms with Crippen LogP contribution in [0.3, 0.4) is 0 Å². The average Bonchev–Trinajstić information content (AvgIpc) is 2.66. The molecule has 2 N–H and O–H groups in total. The molecule has 0 spiro atoms. The zero-order valence-electron chi connectivity index (χ0n) is 8.43. The van der Waals surface area contributed by atoms with Crippen LogP contribution in [0.5, 0.6) is 0 Å². The molecule has 78 valence electrons. The molecule has 0 aliphatic rings. The molecule has 0 radical (unpaired) electrons. The van der Waals surface area contributed by atoms with Gasteiger partial charge in [-0.05, 0) is 17.9 Å². The lowest BCUT2D eigenvalue weighted by atomic mass is 10.2. The molecule has 15 heavy (non-hydrogen) atoms. The highest BCUT2D eigenvalue weighted by Crippen LogP contribution is 2.29. The smallest absolute Gasteiger partial charge is 0.114 e. The third-order valence-electron chi connectivity index (χ3n) is 2.03. The second-order valence-corrected chi connectivity index (χ2v) is 5.25. The van der Waals surface area contributed by atoms with Gasteiger partial charge in [-0.25, -0.2) is 4.98 Å². The Balaban J connectivity index is 2.28. The summed E-state index contributed by atoms with van der Waals surface area (Å²) in [4.78, 5) is 5.54. The fourth-order valence-electron chi connectivity index (χ4n) is 1.35. The fraction of sp³-hybridized carbons (Fsp3) is 0.182. The molecular formula is C11H12N2S2. The second kappa shape index (κ2) is 4.68. The van der Waals surface area contributed by atoms with Crippen LogP contribution in [0.4, 0.5) is 5.00 Å². The zero-order chi connectivity index (χ0) is 10.7. The molecule has 2 rings (SSSR count). The van der Waals surface area contributed by atoms with Gasteiger partial charge in [-0.3, -0.25) is 0 Å². The van der Waals surface area contributed by atoms with Crippen molar-refractivity contribution < 1.29 is 0 Å². The van der Waals surface area contributed by atoms with Gasteiger partial charge < -0.3 is 5.73 Å². The van der Waals surface area contributed by atoms with Crippen LogP contribution >= 0.6 is 23.1 Å². The summed E-state index contributed by atoms with van der Waals surface area (Å²) in [6.07, 6.45) is 0. The minimum atomic E-state index is 0.783. The van der Waals surface area contributed by atoms with Gasteiger partial charge in [0.15, 0.2) is 0 Å². The number of thioether (sulfide) groups is 1. The highest BCUT2D eigenvalue weighted by molar-refractivity contribution is 7.99. The molecule has 0 fully saturated rings. The zero-order valence-corrected chi connectivity index (χ0v) is 10.1. The van der Waals surface area contributed by atoms with E-state index in [1.807, 2.05) is 11.8 Å². The molecule has 1 heterocycles. The molecule has 1 aromatic carbocycles. The number of nitrogens with two attached hydrogens (primary N) is 1. The number of benzene rings is 1. The Morgan fingerprint density at radius 3 is 2.60 bits per heavy atom. The summed E-state index contributed by atoms with van der Waals surface area (Å²) in [6, 6.07) is 8.37. The predicted molar refractivity (Wildman–Crippen MR) is 68.4 cm³/mol. The van der Waals surface area contributed by atoms with E-state index >= 15 is 0 Å². The number of rotatable bonds is 3. The van der Waals surface area contributed by atoms with Gasteiger partial charge in [0.05, 0.1) is 5.51 Å². The van der Waals surface area contributed by atoms with E-state index in [4.69, 9.17) is 5.73 Å². The van der Waals surface area contributed by atoms with Crippen molar-refractivity contribution >= 4 is 28.1 Å². The first-order valence-electron chi connectivity index (χ1n) is 4.73. The maximum absolute atomic E-state index is 5.82. The number of hydrogen-bond acceptors (Lipinski definition) is 4. The molecule has 0 saturated carbocycles. The van der Waals surface area contributed by atoms with Gasteiger partial charge in [-0.2, -0.15) is 0 Å². The maximum Gasteiger partial charge on any atom is 0.114 e. The fourth-order valence-corrected chi connectivity index (χ4v) is 2.56. The Bertz CT molecular complexity index is 434. The van der Waals surface area contributed by atoms with Crippen molar-refractivity contribution in [2.75, 3.05) is 11.5 Å². The van der Waals surface area contributed by atoms with Crippen LogP contribution in [0, 0.1) is 0 Å². The topological polar surface area (TPSA) is 38.9 Å². The van der Waals surface area contributed by atoms with E-state index in [1.165, 1.54) is 16.2 Å². The number of aromatic nitrogens is 1. The van der Waals surface area contributed by atoms with Crippen molar-refractivity contribution in [1.29, 1.82) is 0 Å². The first-order valence-corrected chi connectivity index (χ1v) is 6.60. The van der Waals surface area contributed by atoms with Crippen molar-refractivity contribution in [3.8, 4) is 11.3 Å². The monoisotopic (exact) mass is 236 g/mol. The summed E-state index contributed by atoms with van der Waals surface area (Å²) in [5.41, 5.74) is 9.59. The summed E-state index contributed by atoms with van der Waals surface area (Å²) in [5.74, 6) is 1.10. The van der Waals surface area contributed by atoms with Crippen molar-refractivity contribution in [3.63, 3.8) is 0 Å². The second-order valence-electron chi connectivity index (χ2n) is 3.02. The van der Waals surface area contributed by atoms with Crippen molar-refractivity contribution in [1.82, 2.24) is 4.98 Å². The Kier molecular flexibility index (Phi) is 3.28. The lowest BCUT2D eigenvalue weighted by Crippen LogP contribution is -1.85. The van der Waals surface area contributed by atoms with Gasteiger partial charge in [-0.1, -0.05) is 19.1 Å².